The number of piperidine rings is 1. The molecule has 0 radical (unpaired) electrons. The number of nitrogens with one attached hydrogen (secondary N) is 1. The highest BCUT2D eigenvalue weighted by atomic mass is 16.1. The molecule has 2 heterocycles. The van der Waals surface area contributed by atoms with Crippen molar-refractivity contribution in [3.63, 3.8) is 0 Å². The molecule has 0 aromatic rings. The van der Waals surface area contributed by atoms with Crippen LogP contribution in [0.25, 0.3) is 0 Å². The lowest BCUT2D eigenvalue weighted by molar-refractivity contribution is -0.121. The van der Waals surface area contributed by atoms with Crippen LogP contribution in [0.5, 0.6) is 0 Å². The maximum atomic E-state index is 11.5. The molecule has 0 saturated carbocycles. The largest absolute Gasteiger partial charge is 0.356 e. The van der Waals surface area contributed by atoms with Crippen molar-refractivity contribution in [2.75, 3.05) is 26.2 Å². The number of amides is 1. The van der Waals surface area contributed by atoms with Crippen LogP contribution in [0.2, 0.25) is 0 Å². The quantitative estimate of drug-likeness (QED) is 0.712. The fourth-order valence-corrected chi connectivity index (χ4v) is 2.89. The summed E-state index contributed by atoms with van der Waals surface area (Å²) in [6.45, 7) is 3.88. The van der Waals surface area contributed by atoms with Crippen LogP contribution in [0.4, 0.5) is 0 Å². The standard InChI is InChI=1S/C12H23N3O/c13-8-10-3-2-6-15(9-10)11-4-1-5-14-12(16)7-11/h10-11H,1-9,13H2,(H,14,16). The Labute approximate surface area is 97.6 Å². The van der Waals surface area contributed by atoms with E-state index in [2.05, 4.69) is 10.2 Å². The Morgan fingerprint density at radius 2 is 2.25 bits per heavy atom. The summed E-state index contributed by atoms with van der Waals surface area (Å²) in [7, 11) is 0. The highest BCUT2D eigenvalue weighted by molar-refractivity contribution is 5.76. The molecular weight excluding hydrogens is 202 g/mol. The number of carbonyl (C=O) groups is 1. The van der Waals surface area contributed by atoms with Gasteiger partial charge in [-0.15, -0.1) is 0 Å². The summed E-state index contributed by atoms with van der Waals surface area (Å²) in [5.74, 6) is 0.859. The summed E-state index contributed by atoms with van der Waals surface area (Å²) < 4.78 is 0. The molecule has 16 heavy (non-hydrogen) atoms. The van der Waals surface area contributed by atoms with Crippen molar-refractivity contribution < 1.29 is 4.79 Å². The third kappa shape index (κ3) is 2.95. The number of rotatable bonds is 2. The molecule has 2 aliphatic heterocycles. The van der Waals surface area contributed by atoms with E-state index in [4.69, 9.17) is 5.73 Å². The topological polar surface area (TPSA) is 58.4 Å². The van der Waals surface area contributed by atoms with Crippen LogP contribution in [-0.2, 0) is 4.79 Å². The average Bonchev–Trinajstić information content (AvgIpc) is 2.54. The minimum Gasteiger partial charge on any atom is -0.356 e. The minimum absolute atomic E-state index is 0.220. The van der Waals surface area contributed by atoms with E-state index in [1.54, 1.807) is 0 Å². The smallest absolute Gasteiger partial charge is 0.221 e. The van der Waals surface area contributed by atoms with Gasteiger partial charge in [0.05, 0.1) is 0 Å². The fourth-order valence-electron chi connectivity index (χ4n) is 2.89. The predicted molar refractivity (Wildman–Crippen MR) is 64.0 cm³/mol. The lowest BCUT2D eigenvalue weighted by atomic mass is 9.95. The van der Waals surface area contributed by atoms with Crippen molar-refractivity contribution in [2.45, 2.75) is 38.1 Å². The summed E-state index contributed by atoms with van der Waals surface area (Å²) in [6, 6.07) is 0.455. The normalized spacial score (nSPS) is 33.2. The molecule has 2 saturated heterocycles. The summed E-state index contributed by atoms with van der Waals surface area (Å²) in [6.07, 6.45) is 5.43. The van der Waals surface area contributed by atoms with Crippen molar-refractivity contribution >= 4 is 5.91 Å². The van der Waals surface area contributed by atoms with Gasteiger partial charge in [-0.3, -0.25) is 9.69 Å². The molecule has 2 atom stereocenters. The second-order valence-electron chi connectivity index (χ2n) is 5.09. The molecule has 3 N–H and O–H groups in total. The first-order chi connectivity index (χ1) is 7.79. The Kier molecular flexibility index (Phi) is 4.18. The van der Waals surface area contributed by atoms with Crippen molar-refractivity contribution in [2.24, 2.45) is 11.7 Å². The molecule has 2 rings (SSSR count). The van der Waals surface area contributed by atoms with E-state index in [0.29, 0.717) is 18.4 Å². The van der Waals surface area contributed by atoms with Gasteiger partial charge in [-0.2, -0.15) is 0 Å². The van der Waals surface area contributed by atoms with Crippen LogP contribution >= 0.6 is 0 Å². The van der Waals surface area contributed by atoms with E-state index in [1.807, 2.05) is 0 Å². The van der Waals surface area contributed by atoms with Gasteiger partial charge in [-0.1, -0.05) is 0 Å². The number of nitrogens with zero attached hydrogens (tertiary/aromatic N) is 1. The van der Waals surface area contributed by atoms with E-state index >= 15 is 0 Å². The highest BCUT2D eigenvalue weighted by Gasteiger charge is 2.27. The third-order valence-corrected chi connectivity index (χ3v) is 3.86. The van der Waals surface area contributed by atoms with Gasteiger partial charge in [0, 0.05) is 25.6 Å². The molecule has 2 fully saturated rings. The average molecular weight is 225 g/mol. The van der Waals surface area contributed by atoms with E-state index in [9.17, 15) is 4.79 Å². The molecule has 0 aromatic carbocycles. The highest BCUT2D eigenvalue weighted by Crippen LogP contribution is 2.22. The Hall–Kier alpha value is -0.610. The van der Waals surface area contributed by atoms with E-state index in [0.717, 1.165) is 39.0 Å². The molecular formula is C12H23N3O. The van der Waals surface area contributed by atoms with Crippen LogP contribution in [0, 0.1) is 5.92 Å². The van der Waals surface area contributed by atoms with Crippen LogP contribution in [0.15, 0.2) is 0 Å². The summed E-state index contributed by atoms with van der Waals surface area (Å²) in [5, 5.41) is 2.95. The summed E-state index contributed by atoms with van der Waals surface area (Å²) in [5.41, 5.74) is 5.75. The maximum Gasteiger partial charge on any atom is 0.221 e. The first kappa shape index (κ1) is 11.9. The third-order valence-electron chi connectivity index (χ3n) is 3.86. The first-order valence-corrected chi connectivity index (χ1v) is 6.50. The van der Waals surface area contributed by atoms with Crippen molar-refractivity contribution in [3.8, 4) is 0 Å². The molecule has 1 amide bonds. The first-order valence-electron chi connectivity index (χ1n) is 6.50. The molecule has 0 spiro atoms. The molecule has 4 nitrogen and oxygen atoms in total. The monoisotopic (exact) mass is 225 g/mol. The van der Waals surface area contributed by atoms with Gasteiger partial charge >= 0.3 is 0 Å². The summed E-state index contributed by atoms with van der Waals surface area (Å²) in [4.78, 5) is 14.0. The van der Waals surface area contributed by atoms with E-state index in [1.165, 1.54) is 12.8 Å². The molecule has 0 aliphatic carbocycles. The fraction of sp³-hybridized carbons (Fsp3) is 0.917. The van der Waals surface area contributed by atoms with Gasteiger partial charge in [0.1, 0.15) is 0 Å². The zero-order chi connectivity index (χ0) is 11.4. The number of hydrogen-bond acceptors (Lipinski definition) is 3. The van der Waals surface area contributed by atoms with Gasteiger partial charge in [0.15, 0.2) is 0 Å². The predicted octanol–water partition coefficient (Wildman–Crippen LogP) is 0.326. The number of likely N-dealkylation sites (tertiary alicyclic amines) is 1. The number of hydrogen-bond donors (Lipinski definition) is 2. The zero-order valence-electron chi connectivity index (χ0n) is 9.95. The van der Waals surface area contributed by atoms with Gasteiger partial charge in [-0.05, 0) is 44.7 Å². The maximum absolute atomic E-state index is 11.5. The van der Waals surface area contributed by atoms with Crippen LogP contribution in [0.3, 0.4) is 0 Å². The van der Waals surface area contributed by atoms with Crippen molar-refractivity contribution in [1.82, 2.24) is 10.2 Å². The minimum atomic E-state index is 0.220. The van der Waals surface area contributed by atoms with Crippen molar-refractivity contribution in [3.05, 3.63) is 0 Å². The second kappa shape index (κ2) is 5.64. The van der Waals surface area contributed by atoms with Crippen LogP contribution in [0.1, 0.15) is 32.1 Å². The lowest BCUT2D eigenvalue weighted by Gasteiger charge is -2.37. The van der Waals surface area contributed by atoms with Gasteiger partial charge in [-0.25, -0.2) is 0 Å². The van der Waals surface area contributed by atoms with Gasteiger partial charge in [0.2, 0.25) is 5.91 Å². The number of nitrogens with two attached hydrogens (primary N) is 1. The molecule has 0 bridgehead atoms. The van der Waals surface area contributed by atoms with E-state index < -0.39 is 0 Å². The molecule has 0 aromatic heterocycles. The SMILES string of the molecule is NCC1CCCN(C2CCCNC(=O)C2)C1. The summed E-state index contributed by atoms with van der Waals surface area (Å²) >= 11 is 0. The van der Waals surface area contributed by atoms with Crippen molar-refractivity contribution in [1.29, 1.82) is 0 Å². The Morgan fingerprint density at radius 3 is 3.06 bits per heavy atom. The van der Waals surface area contributed by atoms with Gasteiger partial charge < -0.3 is 11.1 Å². The molecule has 2 unspecified atom stereocenters. The van der Waals surface area contributed by atoms with Crippen LogP contribution < -0.4 is 11.1 Å². The Morgan fingerprint density at radius 1 is 1.38 bits per heavy atom. The molecule has 2 aliphatic rings. The zero-order valence-corrected chi connectivity index (χ0v) is 9.95. The Balaban J connectivity index is 1.91. The number of carbonyl (C=O) groups excluding carboxylic acids is 1. The Bertz CT molecular complexity index is 244. The molecule has 92 valence electrons. The van der Waals surface area contributed by atoms with E-state index in [-0.39, 0.29) is 5.91 Å². The van der Waals surface area contributed by atoms with Crippen LogP contribution in [-0.4, -0.2) is 43.0 Å². The van der Waals surface area contributed by atoms with Gasteiger partial charge in [0.25, 0.3) is 0 Å². The second-order valence-corrected chi connectivity index (χ2v) is 5.09. The lowest BCUT2D eigenvalue weighted by Crippen LogP contribution is -2.45. The molecule has 4 heteroatoms.